The van der Waals surface area contributed by atoms with Crippen molar-refractivity contribution >= 4 is 39.9 Å². The number of carbonyl (C=O) groups excluding carboxylic acids is 1. The summed E-state index contributed by atoms with van der Waals surface area (Å²) in [4.78, 5) is 27.9. The lowest BCUT2D eigenvalue weighted by Gasteiger charge is -2.40. The Bertz CT molecular complexity index is 1390. The zero-order valence-electron chi connectivity index (χ0n) is 19.4. The van der Waals surface area contributed by atoms with E-state index in [1.54, 1.807) is 6.20 Å². The third kappa shape index (κ3) is 4.25. The van der Waals surface area contributed by atoms with Gasteiger partial charge in [0.05, 0.1) is 23.1 Å². The van der Waals surface area contributed by atoms with Gasteiger partial charge in [-0.05, 0) is 43.1 Å². The van der Waals surface area contributed by atoms with Crippen molar-refractivity contribution in [1.82, 2.24) is 25.2 Å². The number of aromatic amines is 1. The molecule has 1 amide bonds. The number of carbonyl (C=O) groups is 1. The number of thiazole rings is 1. The number of halogens is 1. The van der Waals surface area contributed by atoms with E-state index in [1.165, 1.54) is 49.8 Å². The van der Waals surface area contributed by atoms with Gasteiger partial charge < -0.3 is 15.0 Å². The van der Waals surface area contributed by atoms with Crippen LogP contribution in [0.5, 0.6) is 0 Å². The van der Waals surface area contributed by atoms with E-state index in [4.69, 9.17) is 16.3 Å². The number of likely N-dealkylation sites (tertiary alicyclic amines) is 1. The summed E-state index contributed by atoms with van der Waals surface area (Å²) >= 11 is 8.17. The lowest BCUT2D eigenvalue weighted by atomic mass is 9.96. The van der Waals surface area contributed by atoms with Gasteiger partial charge in [-0.2, -0.15) is 0 Å². The average molecular weight is 508 g/mol. The monoisotopic (exact) mass is 507 g/mol. The first kappa shape index (κ1) is 22.7. The number of H-pyrrole nitrogens is 1. The van der Waals surface area contributed by atoms with Crippen LogP contribution in [0.2, 0.25) is 5.02 Å². The van der Waals surface area contributed by atoms with Crippen molar-refractivity contribution in [2.75, 3.05) is 26.3 Å². The number of hydrogen-bond acceptors (Lipinski definition) is 6. The molecule has 6 rings (SSSR count). The van der Waals surface area contributed by atoms with Crippen LogP contribution in [0.1, 0.15) is 30.2 Å². The van der Waals surface area contributed by atoms with Gasteiger partial charge in [0.1, 0.15) is 16.2 Å². The molecule has 0 saturated carbocycles. The maximum Gasteiger partial charge on any atom is 0.217 e. The number of fused-ring (bicyclic) bond motifs is 1. The van der Waals surface area contributed by atoms with Crippen LogP contribution in [0.4, 0.5) is 0 Å². The molecule has 7 nitrogen and oxygen atoms in total. The number of benzene rings is 1. The normalized spacial score (nSPS) is 17.5. The maximum absolute atomic E-state index is 11.8. The fourth-order valence-corrected chi connectivity index (χ4v) is 6.34. The molecule has 0 atom stereocenters. The Kier molecular flexibility index (Phi) is 5.84. The molecule has 0 aliphatic carbocycles. The van der Waals surface area contributed by atoms with Crippen molar-refractivity contribution in [3.05, 3.63) is 58.2 Å². The molecule has 9 heteroatoms. The van der Waals surface area contributed by atoms with Gasteiger partial charge in [-0.15, -0.1) is 11.3 Å². The predicted octanol–water partition coefficient (Wildman–Crippen LogP) is 4.96. The van der Waals surface area contributed by atoms with Crippen LogP contribution < -0.4 is 5.32 Å². The van der Waals surface area contributed by atoms with E-state index in [2.05, 4.69) is 55.5 Å². The van der Waals surface area contributed by atoms with E-state index < -0.39 is 5.54 Å². The van der Waals surface area contributed by atoms with Crippen LogP contribution in [0.15, 0.2) is 42.7 Å². The van der Waals surface area contributed by atoms with Gasteiger partial charge in [0.25, 0.3) is 0 Å². The second-order valence-electron chi connectivity index (χ2n) is 9.39. The Balaban J connectivity index is 1.32. The van der Waals surface area contributed by atoms with Crippen LogP contribution in [0, 0.1) is 0 Å². The summed E-state index contributed by atoms with van der Waals surface area (Å²) in [6.45, 7) is 5.79. The molecule has 4 aromatic rings. The second kappa shape index (κ2) is 9.02. The Labute approximate surface area is 212 Å². The number of ether oxygens (including phenoxy) is 1. The predicted molar refractivity (Wildman–Crippen MR) is 138 cm³/mol. The molecule has 0 radical (unpaired) electrons. The summed E-state index contributed by atoms with van der Waals surface area (Å²) in [5.74, 6) is -0.0886. The smallest absolute Gasteiger partial charge is 0.217 e. The zero-order valence-corrected chi connectivity index (χ0v) is 21.0. The van der Waals surface area contributed by atoms with E-state index in [-0.39, 0.29) is 5.91 Å². The number of aromatic nitrogens is 3. The Morgan fingerprint density at radius 2 is 1.97 bits per heavy atom. The molecule has 2 N–H and O–H groups in total. The number of pyridine rings is 1. The molecule has 35 heavy (non-hydrogen) atoms. The van der Waals surface area contributed by atoms with Crippen molar-refractivity contribution in [3.8, 4) is 21.8 Å². The summed E-state index contributed by atoms with van der Waals surface area (Å²) in [6.07, 6.45) is 6.07. The summed E-state index contributed by atoms with van der Waals surface area (Å²) in [5, 5.41) is 5.29. The molecule has 0 bridgehead atoms. The quantitative estimate of drug-likeness (QED) is 0.385. The average Bonchev–Trinajstić information content (AvgIpc) is 3.58. The largest absolute Gasteiger partial charge is 0.376 e. The van der Waals surface area contributed by atoms with Gasteiger partial charge in [-0.3, -0.25) is 9.69 Å². The lowest BCUT2D eigenvalue weighted by Crippen LogP contribution is -2.58. The summed E-state index contributed by atoms with van der Waals surface area (Å²) in [7, 11) is 0. The maximum atomic E-state index is 11.8. The van der Waals surface area contributed by atoms with Gasteiger partial charge in [-0.25, -0.2) is 9.97 Å². The van der Waals surface area contributed by atoms with Gasteiger partial charge in [0.2, 0.25) is 5.91 Å². The van der Waals surface area contributed by atoms with Crippen molar-refractivity contribution < 1.29 is 9.53 Å². The standard InChI is InChI=1S/C26H26ClN5O2S/c1-16(33)31-26(14-34-15-26)22-12-29-25(35-22)23-19-10-21(30-24(19)28-11-20(23)27)18-6-4-17(5-7-18)13-32-8-2-3-9-32/h4-7,10-12H,2-3,8-9,13-15H2,1H3,(H,28,30)(H,31,33). The SMILES string of the molecule is CC(=O)NC1(c2cnc(-c3c(Cl)cnc4[nH]c(-c5ccc(CN6CCCC6)cc5)cc34)s2)COC1. The molecule has 2 aliphatic heterocycles. The van der Waals surface area contributed by atoms with Crippen LogP contribution in [-0.2, 0) is 21.6 Å². The molecule has 2 saturated heterocycles. The molecule has 5 heterocycles. The third-order valence-corrected chi connectivity index (χ3v) is 8.29. The molecule has 180 valence electrons. The Morgan fingerprint density at radius 3 is 2.66 bits per heavy atom. The van der Waals surface area contributed by atoms with Crippen LogP contribution in [-0.4, -0.2) is 52.1 Å². The van der Waals surface area contributed by atoms with Crippen molar-refractivity contribution in [2.45, 2.75) is 31.8 Å². The van der Waals surface area contributed by atoms with E-state index in [0.717, 1.165) is 44.3 Å². The first-order chi connectivity index (χ1) is 17.0. The van der Waals surface area contributed by atoms with Gasteiger partial charge >= 0.3 is 0 Å². The Morgan fingerprint density at radius 1 is 1.20 bits per heavy atom. The van der Waals surface area contributed by atoms with Crippen molar-refractivity contribution in [2.24, 2.45) is 0 Å². The van der Waals surface area contributed by atoms with Crippen molar-refractivity contribution in [3.63, 3.8) is 0 Å². The fourth-order valence-electron chi connectivity index (χ4n) is 4.94. The van der Waals surface area contributed by atoms with Gasteiger partial charge in [-0.1, -0.05) is 35.9 Å². The van der Waals surface area contributed by atoms with E-state index >= 15 is 0 Å². The summed E-state index contributed by atoms with van der Waals surface area (Å²) in [5.41, 5.74) is 4.52. The molecule has 2 fully saturated rings. The minimum absolute atomic E-state index is 0.0886. The minimum atomic E-state index is -0.513. The zero-order chi connectivity index (χ0) is 24.0. The molecular weight excluding hydrogens is 482 g/mol. The van der Waals surface area contributed by atoms with Crippen LogP contribution in [0.3, 0.4) is 0 Å². The van der Waals surface area contributed by atoms with E-state index in [0.29, 0.717) is 18.2 Å². The van der Waals surface area contributed by atoms with Crippen LogP contribution in [0.25, 0.3) is 32.9 Å². The highest BCUT2D eigenvalue weighted by Gasteiger charge is 2.43. The topological polar surface area (TPSA) is 83.1 Å². The highest BCUT2D eigenvalue weighted by Crippen LogP contribution is 2.41. The molecule has 0 spiro atoms. The first-order valence-electron chi connectivity index (χ1n) is 11.8. The number of amides is 1. The number of nitrogens with one attached hydrogen (secondary N) is 2. The molecule has 3 aromatic heterocycles. The molecular formula is C26H26ClN5O2S. The van der Waals surface area contributed by atoms with E-state index in [1.807, 2.05) is 6.20 Å². The first-order valence-corrected chi connectivity index (χ1v) is 13.0. The Hall–Kier alpha value is -2.78. The number of nitrogens with zero attached hydrogens (tertiary/aromatic N) is 3. The highest BCUT2D eigenvalue weighted by molar-refractivity contribution is 7.15. The molecule has 2 aliphatic rings. The van der Waals surface area contributed by atoms with Crippen LogP contribution >= 0.6 is 22.9 Å². The molecule has 0 unspecified atom stereocenters. The lowest BCUT2D eigenvalue weighted by molar-refractivity contribution is -0.131. The fraction of sp³-hybridized carbons (Fsp3) is 0.346. The van der Waals surface area contributed by atoms with E-state index in [9.17, 15) is 4.79 Å². The third-order valence-electron chi connectivity index (χ3n) is 6.79. The van der Waals surface area contributed by atoms with Crippen molar-refractivity contribution in [1.29, 1.82) is 0 Å². The summed E-state index contributed by atoms with van der Waals surface area (Å²) in [6, 6.07) is 10.8. The minimum Gasteiger partial charge on any atom is -0.376 e. The molecule has 1 aromatic carbocycles. The second-order valence-corrected chi connectivity index (χ2v) is 10.8. The number of rotatable bonds is 6. The highest BCUT2D eigenvalue weighted by atomic mass is 35.5. The van der Waals surface area contributed by atoms with Gasteiger partial charge in [0.15, 0.2) is 0 Å². The summed E-state index contributed by atoms with van der Waals surface area (Å²) < 4.78 is 5.42. The van der Waals surface area contributed by atoms with Gasteiger partial charge in [0, 0.05) is 42.5 Å². The number of hydrogen-bond donors (Lipinski definition) is 2.